The van der Waals surface area contributed by atoms with Crippen LogP contribution in [0.15, 0.2) is 30.3 Å². The Labute approximate surface area is 143 Å². The second-order valence-electron chi connectivity index (χ2n) is 6.28. The van der Waals surface area contributed by atoms with Crippen LogP contribution >= 0.6 is 0 Å². The summed E-state index contributed by atoms with van der Waals surface area (Å²) in [6, 6.07) is 9.58. The fourth-order valence-corrected chi connectivity index (χ4v) is 3.54. The van der Waals surface area contributed by atoms with E-state index in [0.29, 0.717) is 19.5 Å². The molecule has 1 aliphatic heterocycles. The summed E-state index contributed by atoms with van der Waals surface area (Å²) in [6.45, 7) is 1.06. The van der Waals surface area contributed by atoms with Gasteiger partial charge in [-0.05, 0) is 24.8 Å². The number of nitrogens with two attached hydrogens (primary N) is 1. The summed E-state index contributed by atoms with van der Waals surface area (Å²) < 4.78 is 21.8. The molecule has 1 amide bonds. The number of rotatable bonds is 7. The molecule has 0 aliphatic carbocycles. The van der Waals surface area contributed by atoms with E-state index in [0.717, 1.165) is 18.4 Å². The van der Waals surface area contributed by atoms with E-state index in [9.17, 15) is 18.0 Å². The number of primary sulfonamides is 1. The van der Waals surface area contributed by atoms with Gasteiger partial charge in [-0.2, -0.15) is 0 Å². The summed E-state index contributed by atoms with van der Waals surface area (Å²) in [6.07, 6.45) is 2.35. The molecule has 24 heavy (non-hydrogen) atoms. The van der Waals surface area contributed by atoms with Crippen LogP contribution < -0.4 is 5.14 Å². The van der Waals surface area contributed by atoms with Gasteiger partial charge in [0.05, 0.1) is 5.75 Å². The molecule has 0 radical (unpaired) electrons. The molecule has 0 bridgehead atoms. The Hall–Kier alpha value is -1.73. The lowest BCUT2D eigenvalue weighted by Crippen LogP contribution is -2.42. The molecule has 1 aliphatic rings. The van der Waals surface area contributed by atoms with E-state index in [1.807, 2.05) is 30.3 Å². The van der Waals surface area contributed by atoms with Crippen molar-refractivity contribution in [2.75, 3.05) is 18.8 Å². The highest BCUT2D eigenvalue weighted by molar-refractivity contribution is 7.89. The number of benzene rings is 1. The molecule has 1 saturated heterocycles. The maximum Gasteiger partial charge on any atom is 0.222 e. The van der Waals surface area contributed by atoms with E-state index in [4.69, 9.17) is 5.14 Å². The minimum Gasteiger partial charge on any atom is -0.342 e. The predicted octanol–water partition coefficient (Wildman–Crippen LogP) is 1.11. The van der Waals surface area contributed by atoms with Crippen molar-refractivity contribution in [2.45, 2.75) is 32.1 Å². The molecule has 6 nitrogen and oxygen atoms in total. The first kappa shape index (κ1) is 18.6. The number of carbonyl (C=O) groups excluding carboxylic acids is 2. The molecule has 132 valence electrons. The highest BCUT2D eigenvalue weighted by atomic mass is 32.2. The Morgan fingerprint density at radius 3 is 2.58 bits per heavy atom. The highest BCUT2D eigenvalue weighted by Crippen LogP contribution is 2.20. The van der Waals surface area contributed by atoms with E-state index >= 15 is 0 Å². The Bertz CT molecular complexity index is 673. The highest BCUT2D eigenvalue weighted by Gasteiger charge is 2.28. The summed E-state index contributed by atoms with van der Waals surface area (Å²) in [5, 5.41) is 4.94. The smallest absolute Gasteiger partial charge is 0.222 e. The first-order valence-electron chi connectivity index (χ1n) is 8.20. The molecule has 0 spiro atoms. The van der Waals surface area contributed by atoms with Crippen LogP contribution in [0.1, 0.15) is 31.2 Å². The summed E-state index contributed by atoms with van der Waals surface area (Å²) in [5.74, 6) is -0.275. The van der Waals surface area contributed by atoms with Gasteiger partial charge in [0.25, 0.3) is 0 Å². The van der Waals surface area contributed by atoms with Crippen LogP contribution in [0.25, 0.3) is 0 Å². The topological polar surface area (TPSA) is 97.5 Å². The molecule has 1 aromatic carbocycles. The average Bonchev–Trinajstić information content (AvgIpc) is 2.54. The van der Waals surface area contributed by atoms with Crippen molar-refractivity contribution in [1.29, 1.82) is 0 Å². The Kier molecular flexibility index (Phi) is 6.51. The molecule has 1 heterocycles. The third-order valence-corrected chi connectivity index (χ3v) is 5.13. The zero-order valence-corrected chi connectivity index (χ0v) is 14.5. The van der Waals surface area contributed by atoms with Gasteiger partial charge in [-0.1, -0.05) is 30.3 Å². The van der Waals surface area contributed by atoms with Gasteiger partial charge >= 0.3 is 0 Å². The summed E-state index contributed by atoms with van der Waals surface area (Å²) >= 11 is 0. The lowest BCUT2D eigenvalue weighted by molar-refractivity contribution is -0.135. The molecule has 1 aromatic rings. The van der Waals surface area contributed by atoms with Crippen LogP contribution in [0.5, 0.6) is 0 Å². The van der Waals surface area contributed by atoms with Gasteiger partial charge in [0.15, 0.2) is 0 Å². The second-order valence-corrected chi connectivity index (χ2v) is 8.01. The number of hydrogen-bond donors (Lipinski definition) is 1. The summed E-state index contributed by atoms with van der Waals surface area (Å²) in [7, 11) is -3.53. The van der Waals surface area contributed by atoms with Gasteiger partial charge in [-0.3, -0.25) is 9.59 Å². The molecule has 1 unspecified atom stereocenters. The Balaban J connectivity index is 1.84. The molecule has 2 rings (SSSR count). The number of carbonyl (C=O) groups is 2. The molecule has 1 atom stereocenters. The van der Waals surface area contributed by atoms with Crippen LogP contribution in [0.2, 0.25) is 0 Å². The van der Waals surface area contributed by atoms with E-state index in [1.54, 1.807) is 4.90 Å². The SMILES string of the molecule is NS(=O)(=O)CCCC(=O)N1CCCC(C(=O)Cc2ccccc2)C1. The van der Waals surface area contributed by atoms with Crippen molar-refractivity contribution in [1.82, 2.24) is 4.90 Å². The number of nitrogens with zero attached hydrogens (tertiary/aromatic N) is 1. The third-order valence-electron chi connectivity index (χ3n) is 4.27. The minimum absolute atomic E-state index is 0.101. The standard InChI is InChI=1S/C17H24N2O4S/c18-24(22,23)11-5-9-17(21)19-10-4-8-15(13-19)16(20)12-14-6-2-1-3-7-14/h1-3,6-7,15H,4-5,8-13H2,(H2,18,22,23). The van der Waals surface area contributed by atoms with Crippen molar-refractivity contribution in [3.8, 4) is 0 Å². The van der Waals surface area contributed by atoms with E-state index < -0.39 is 10.0 Å². The molecular weight excluding hydrogens is 328 g/mol. The molecule has 0 aromatic heterocycles. The Morgan fingerprint density at radius 1 is 1.21 bits per heavy atom. The molecule has 7 heteroatoms. The first-order chi connectivity index (χ1) is 11.3. The lowest BCUT2D eigenvalue weighted by atomic mass is 9.90. The van der Waals surface area contributed by atoms with Gasteiger partial charge in [-0.25, -0.2) is 13.6 Å². The van der Waals surface area contributed by atoms with Crippen molar-refractivity contribution in [3.63, 3.8) is 0 Å². The van der Waals surface area contributed by atoms with Crippen molar-refractivity contribution < 1.29 is 18.0 Å². The van der Waals surface area contributed by atoms with Gasteiger partial charge < -0.3 is 4.90 Å². The summed E-state index contributed by atoms with van der Waals surface area (Å²) in [5.41, 5.74) is 0.985. The summed E-state index contributed by atoms with van der Waals surface area (Å²) in [4.78, 5) is 26.3. The number of piperidine rings is 1. The normalized spacial score (nSPS) is 18.4. The average molecular weight is 352 g/mol. The molecular formula is C17H24N2O4S. The lowest BCUT2D eigenvalue weighted by Gasteiger charge is -2.32. The largest absolute Gasteiger partial charge is 0.342 e. The van der Waals surface area contributed by atoms with Crippen molar-refractivity contribution in [3.05, 3.63) is 35.9 Å². The zero-order chi connectivity index (χ0) is 17.6. The van der Waals surface area contributed by atoms with Crippen molar-refractivity contribution in [2.24, 2.45) is 11.1 Å². The van der Waals surface area contributed by atoms with E-state index in [2.05, 4.69) is 0 Å². The van der Waals surface area contributed by atoms with Crippen LogP contribution in [0, 0.1) is 5.92 Å². The number of likely N-dealkylation sites (tertiary alicyclic amines) is 1. The zero-order valence-electron chi connectivity index (χ0n) is 13.7. The van der Waals surface area contributed by atoms with Crippen LogP contribution in [0.3, 0.4) is 0 Å². The fourth-order valence-electron chi connectivity index (χ4n) is 2.99. The number of sulfonamides is 1. The van der Waals surface area contributed by atoms with Crippen LogP contribution in [-0.4, -0.2) is 43.9 Å². The molecule has 1 fully saturated rings. The first-order valence-corrected chi connectivity index (χ1v) is 9.91. The van der Waals surface area contributed by atoms with Gasteiger partial charge in [0.1, 0.15) is 5.78 Å². The monoisotopic (exact) mass is 352 g/mol. The number of Topliss-reactive ketones (excluding diaryl/α,β-unsaturated/α-hetero) is 1. The number of amides is 1. The molecule has 2 N–H and O–H groups in total. The Morgan fingerprint density at radius 2 is 1.92 bits per heavy atom. The number of ketones is 1. The maximum atomic E-state index is 12.4. The quantitative estimate of drug-likeness (QED) is 0.795. The van der Waals surface area contributed by atoms with Crippen molar-refractivity contribution >= 4 is 21.7 Å². The number of hydrogen-bond acceptors (Lipinski definition) is 4. The maximum absolute atomic E-state index is 12.4. The van der Waals surface area contributed by atoms with E-state index in [-0.39, 0.29) is 36.2 Å². The van der Waals surface area contributed by atoms with Gasteiger partial charge in [0.2, 0.25) is 15.9 Å². The van der Waals surface area contributed by atoms with Crippen LogP contribution in [-0.2, 0) is 26.0 Å². The fraction of sp³-hybridized carbons (Fsp3) is 0.529. The minimum atomic E-state index is -3.53. The third kappa shape index (κ3) is 6.05. The second kappa shape index (κ2) is 8.39. The predicted molar refractivity (Wildman–Crippen MR) is 91.7 cm³/mol. The molecule has 0 saturated carbocycles. The van der Waals surface area contributed by atoms with Crippen LogP contribution in [0.4, 0.5) is 0 Å². The van der Waals surface area contributed by atoms with E-state index in [1.165, 1.54) is 0 Å². The van der Waals surface area contributed by atoms with Gasteiger partial charge in [-0.15, -0.1) is 0 Å². The van der Waals surface area contributed by atoms with Gasteiger partial charge in [0, 0.05) is 31.8 Å².